The van der Waals surface area contributed by atoms with Crippen molar-refractivity contribution < 1.29 is 43.0 Å². The number of hydrogen-bond acceptors (Lipinski definition) is 8. The quantitative estimate of drug-likeness (QED) is 0.0237. The molecule has 3 N–H and O–H groups in total. The van der Waals surface area contributed by atoms with Crippen LogP contribution in [-0.2, 0) is 27.9 Å². The summed E-state index contributed by atoms with van der Waals surface area (Å²) in [6, 6.07) is 0. The van der Waals surface area contributed by atoms with Gasteiger partial charge in [-0.25, -0.2) is 4.57 Å². The standard InChI is InChI=1S/C50H85O9P/c1-3-5-7-9-11-13-15-17-19-20-21-22-23-24-25-26-27-29-31-33-35-37-39-41-43-56-46-49(47-58-60(54,55)57-45-48(52)44-51)59-50(53)42-40-38-36-34-32-30-28-18-16-14-12-10-8-6-4-2/h5,7,11,13,17-19,21-22,24-25,27-29,33,35,48-49,51-52H,3-4,6,8-10,12,14-16,20,23,26,30-32,34,36-47H2,1-2H3,(H,54,55)/b7-5-,13-11-,19-17-,22-21-,25-24-,28-18-,29-27-,35-33-. The van der Waals surface area contributed by atoms with Crippen LogP contribution in [0.1, 0.15) is 168 Å². The summed E-state index contributed by atoms with van der Waals surface area (Å²) >= 11 is 0. The predicted octanol–water partition coefficient (Wildman–Crippen LogP) is 13.3. The molecule has 0 bridgehead atoms. The molecule has 3 atom stereocenters. The number of esters is 1. The molecule has 0 radical (unpaired) electrons. The number of carbonyl (C=O) groups excluding carboxylic acids is 1. The molecule has 10 heteroatoms. The van der Waals surface area contributed by atoms with Crippen LogP contribution in [-0.4, -0.2) is 66.3 Å². The minimum atomic E-state index is -4.54. The number of allylic oxidation sites excluding steroid dienone is 16. The second kappa shape index (κ2) is 45.9. The number of phosphoric ester groups is 1. The molecule has 60 heavy (non-hydrogen) atoms. The second-order valence-electron chi connectivity index (χ2n) is 15.0. The Morgan fingerprint density at radius 2 is 0.950 bits per heavy atom. The van der Waals surface area contributed by atoms with E-state index < -0.39 is 45.8 Å². The highest BCUT2D eigenvalue weighted by atomic mass is 31.2. The Morgan fingerprint density at radius 1 is 0.533 bits per heavy atom. The largest absolute Gasteiger partial charge is 0.472 e. The van der Waals surface area contributed by atoms with Crippen molar-refractivity contribution in [2.24, 2.45) is 0 Å². The summed E-state index contributed by atoms with van der Waals surface area (Å²) in [5.74, 6) is -0.411. The van der Waals surface area contributed by atoms with E-state index >= 15 is 0 Å². The monoisotopic (exact) mass is 861 g/mol. The lowest BCUT2D eigenvalue weighted by Gasteiger charge is -2.20. The topological polar surface area (TPSA) is 132 Å². The number of unbranched alkanes of at least 4 members (excludes halogenated alkanes) is 13. The minimum absolute atomic E-state index is 0.00982. The van der Waals surface area contributed by atoms with Gasteiger partial charge in [-0.15, -0.1) is 0 Å². The molecule has 3 unspecified atom stereocenters. The van der Waals surface area contributed by atoms with Gasteiger partial charge in [0.1, 0.15) is 12.2 Å². The summed E-state index contributed by atoms with van der Waals surface area (Å²) in [5.41, 5.74) is 0. The van der Waals surface area contributed by atoms with Crippen LogP contribution < -0.4 is 0 Å². The zero-order valence-electron chi connectivity index (χ0n) is 37.6. The van der Waals surface area contributed by atoms with Crippen molar-refractivity contribution in [3.63, 3.8) is 0 Å². The zero-order chi connectivity index (χ0) is 43.9. The maximum Gasteiger partial charge on any atom is 0.472 e. The van der Waals surface area contributed by atoms with Gasteiger partial charge in [-0.3, -0.25) is 13.8 Å². The highest BCUT2D eigenvalue weighted by Gasteiger charge is 2.26. The Balaban J connectivity index is 4.26. The van der Waals surface area contributed by atoms with E-state index in [1.54, 1.807) is 0 Å². The highest BCUT2D eigenvalue weighted by molar-refractivity contribution is 7.47. The van der Waals surface area contributed by atoms with Gasteiger partial charge < -0.3 is 24.6 Å². The Bertz CT molecular complexity index is 1250. The Hall–Kier alpha value is -2.62. The molecule has 0 rings (SSSR count). The molecule has 0 fully saturated rings. The lowest BCUT2D eigenvalue weighted by Crippen LogP contribution is -2.29. The van der Waals surface area contributed by atoms with Crippen molar-refractivity contribution in [3.05, 3.63) is 97.2 Å². The van der Waals surface area contributed by atoms with E-state index in [1.807, 2.05) is 0 Å². The van der Waals surface area contributed by atoms with Gasteiger partial charge in [0, 0.05) is 13.0 Å². The number of rotatable bonds is 43. The van der Waals surface area contributed by atoms with E-state index in [0.717, 1.165) is 96.3 Å². The zero-order valence-corrected chi connectivity index (χ0v) is 38.5. The molecular weight excluding hydrogens is 776 g/mol. The van der Waals surface area contributed by atoms with Gasteiger partial charge in [0.05, 0.1) is 26.4 Å². The summed E-state index contributed by atoms with van der Waals surface area (Å²) in [6.45, 7) is 3.25. The molecule has 0 aliphatic heterocycles. The SMILES string of the molecule is CC/C=C\C/C=C\C/C=C\C/C=C\C/C=C\C/C=C\C/C=C\CCCCOCC(COP(=O)(O)OCC(O)CO)OC(=O)CCCCCCC/C=C\CCCCCCCC. The number of carbonyl (C=O) groups is 1. The van der Waals surface area contributed by atoms with Crippen LogP contribution in [0.3, 0.4) is 0 Å². The van der Waals surface area contributed by atoms with Gasteiger partial charge in [-0.2, -0.15) is 0 Å². The Morgan fingerprint density at radius 3 is 1.45 bits per heavy atom. The molecule has 9 nitrogen and oxygen atoms in total. The summed E-state index contributed by atoms with van der Waals surface area (Å²) in [6.07, 6.45) is 58.0. The maximum absolute atomic E-state index is 12.6. The summed E-state index contributed by atoms with van der Waals surface area (Å²) in [4.78, 5) is 22.6. The molecule has 0 aliphatic carbocycles. The van der Waals surface area contributed by atoms with E-state index in [9.17, 15) is 19.4 Å². The first-order valence-electron chi connectivity index (χ1n) is 23.2. The molecule has 0 spiro atoms. The molecule has 344 valence electrons. The maximum atomic E-state index is 12.6. The van der Waals surface area contributed by atoms with Gasteiger partial charge in [0.25, 0.3) is 0 Å². The molecule has 0 aromatic rings. The number of aliphatic hydroxyl groups is 2. The average molecular weight is 861 g/mol. The smallest absolute Gasteiger partial charge is 0.457 e. The third kappa shape index (κ3) is 44.9. The van der Waals surface area contributed by atoms with Crippen molar-refractivity contribution >= 4 is 13.8 Å². The van der Waals surface area contributed by atoms with Crippen molar-refractivity contribution in [2.45, 2.75) is 180 Å². The summed E-state index contributed by atoms with van der Waals surface area (Å²) < 4.78 is 33.3. The Kier molecular flexibility index (Phi) is 43.9. The van der Waals surface area contributed by atoms with E-state index in [2.05, 4.69) is 111 Å². The molecular formula is C50H85O9P. The molecule has 0 aromatic heterocycles. The molecule has 0 aromatic carbocycles. The Labute approximate surface area is 366 Å². The molecule has 0 amide bonds. The summed E-state index contributed by atoms with van der Waals surface area (Å²) in [5, 5.41) is 18.4. The van der Waals surface area contributed by atoms with Crippen LogP contribution in [0.4, 0.5) is 0 Å². The van der Waals surface area contributed by atoms with Crippen LogP contribution in [0.2, 0.25) is 0 Å². The van der Waals surface area contributed by atoms with E-state index in [1.165, 1.54) is 44.9 Å². The highest BCUT2D eigenvalue weighted by Crippen LogP contribution is 2.43. The third-order valence-corrected chi connectivity index (χ3v) is 10.2. The molecule has 0 saturated carbocycles. The molecule has 0 aliphatic rings. The van der Waals surface area contributed by atoms with Crippen LogP contribution >= 0.6 is 7.82 Å². The van der Waals surface area contributed by atoms with Gasteiger partial charge in [0.15, 0.2) is 0 Å². The average Bonchev–Trinajstić information content (AvgIpc) is 3.24. The van der Waals surface area contributed by atoms with Gasteiger partial charge in [-0.05, 0) is 96.3 Å². The van der Waals surface area contributed by atoms with Crippen LogP contribution in [0.5, 0.6) is 0 Å². The number of hydrogen-bond donors (Lipinski definition) is 3. The lowest BCUT2D eigenvalue weighted by molar-refractivity contribution is -0.154. The first-order valence-corrected chi connectivity index (χ1v) is 24.7. The fraction of sp³-hybridized carbons (Fsp3) is 0.660. The fourth-order valence-corrected chi connectivity index (χ4v) is 6.53. The van der Waals surface area contributed by atoms with Gasteiger partial charge in [0.2, 0.25) is 0 Å². The number of phosphoric acid groups is 1. The van der Waals surface area contributed by atoms with Crippen molar-refractivity contribution in [1.82, 2.24) is 0 Å². The van der Waals surface area contributed by atoms with Crippen LogP contribution in [0, 0.1) is 0 Å². The first-order chi connectivity index (χ1) is 29.3. The van der Waals surface area contributed by atoms with E-state index in [4.69, 9.17) is 23.6 Å². The fourth-order valence-electron chi connectivity index (χ4n) is 5.74. The van der Waals surface area contributed by atoms with Gasteiger partial charge >= 0.3 is 13.8 Å². The van der Waals surface area contributed by atoms with E-state index in [-0.39, 0.29) is 13.0 Å². The summed E-state index contributed by atoms with van der Waals surface area (Å²) in [7, 11) is -4.54. The van der Waals surface area contributed by atoms with Crippen molar-refractivity contribution in [2.75, 3.05) is 33.0 Å². The lowest BCUT2D eigenvalue weighted by atomic mass is 10.1. The third-order valence-electron chi connectivity index (χ3n) is 9.25. The van der Waals surface area contributed by atoms with Gasteiger partial charge in [-0.1, -0.05) is 162 Å². The number of ether oxygens (including phenoxy) is 2. The normalized spacial score (nSPS) is 14.8. The van der Waals surface area contributed by atoms with Crippen molar-refractivity contribution in [3.8, 4) is 0 Å². The van der Waals surface area contributed by atoms with Crippen molar-refractivity contribution in [1.29, 1.82) is 0 Å². The second-order valence-corrected chi connectivity index (χ2v) is 16.5. The minimum Gasteiger partial charge on any atom is -0.457 e. The number of aliphatic hydroxyl groups excluding tert-OH is 2. The predicted molar refractivity (Wildman–Crippen MR) is 251 cm³/mol. The molecule has 0 heterocycles. The van der Waals surface area contributed by atoms with Crippen LogP contribution in [0.25, 0.3) is 0 Å². The van der Waals surface area contributed by atoms with Crippen LogP contribution in [0.15, 0.2) is 97.2 Å². The first kappa shape index (κ1) is 57.4. The molecule has 0 saturated heterocycles. The van der Waals surface area contributed by atoms with E-state index in [0.29, 0.717) is 13.0 Å².